The van der Waals surface area contributed by atoms with Crippen molar-refractivity contribution in [1.82, 2.24) is 13.7 Å². The Morgan fingerprint density at radius 3 is 1.10 bits per heavy atom. The van der Waals surface area contributed by atoms with Crippen molar-refractivity contribution in [3.63, 3.8) is 0 Å². The van der Waals surface area contributed by atoms with Gasteiger partial charge in [-0.2, -0.15) is 0 Å². The molecule has 0 aliphatic heterocycles. The normalized spacial score (nSPS) is 12.0. The topological polar surface area (TPSA) is 14.8 Å². The van der Waals surface area contributed by atoms with Gasteiger partial charge in [0, 0.05) is 59.2 Å². The number of para-hydroxylation sites is 4. The molecule has 0 unspecified atom stereocenters. The zero-order valence-corrected chi connectivity index (χ0v) is 38.7. The Hall–Kier alpha value is -8.96. The van der Waals surface area contributed by atoms with Gasteiger partial charge in [0.25, 0.3) is 0 Å². The molecule has 15 aromatic rings. The zero-order chi connectivity index (χ0) is 45.9. The lowest BCUT2D eigenvalue weighted by atomic mass is 9.98. The first-order chi connectivity index (χ1) is 34.7. The van der Waals surface area contributed by atoms with E-state index in [1.165, 1.54) is 125 Å². The van der Waals surface area contributed by atoms with E-state index < -0.39 is 0 Å². The summed E-state index contributed by atoms with van der Waals surface area (Å²) < 4.78 is 9.90. The molecular weight excluding hydrogens is 867 g/mol. The third-order valence-corrected chi connectivity index (χ3v) is 15.9. The molecule has 0 bridgehead atoms. The van der Waals surface area contributed by atoms with E-state index in [-0.39, 0.29) is 0 Å². The summed E-state index contributed by atoms with van der Waals surface area (Å²) >= 11 is 1.90. The minimum Gasteiger partial charge on any atom is -0.309 e. The summed E-state index contributed by atoms with van der Waals surface area (Å²) in [6.45, 7) is 0. The molecular formula is C66H41N3S. The highest BCUT2D eigenvalue weighted by Gasteiger charge is 2.21. The number of thiophene rings is 1. The number of nitrogens with zero attached hydrogens (tertiary/aromatic N) is 3. The highest BCUT2D eigenvalue weighted by atomic mass is 32.1. The third-order valence-electron chi connectivity index (χ3n) is 14.6. The third kappa shape index (κ3) is 5.81. The quantitative estimate of drug-likeness (QED) is 0.158. The Morgan fingerprint density at radius 1 is 0.229 bits per heavy atom. The van der Waals surface area contributed by atoms with Crippen LogP contribution in [0.15, 0.2) is 249 Å². The fourth-order valence-corrected chi connectivity index (χ4v) is 12.8. The van der Waals surface area contributed by atoms with Gasteiger partial charge in [-0.25, -0.2) is 0 Å². The second-order valence-electron chi connectivity index (χ2n) is 18.4. The number of rotatable bonds is 6. The molecule has 0 fully saturated rings. The molecule has 0 spiro atoms. The lowest BCUT2D eigenvalue weighted by Gasteiger charge is -2.11. The molecule has 4 heteroatoms. The average Bonchev–Trinajstić information content (AvgIpc) is 4.17. The zero-order valence-electron chi connectivity index (χ0n) is 37.9. The van der Waals surface area contributed by atoms with Crippen LogP contribution >= 0.6 is 11.3 Å². The summed E-state index contributed by atoms with van der Waals surface area (Å²) in [7, 11) is 0. The molecule has 0 amide bonds. The first-order valence-electron chi connectivity index (χ1n) is 24.0. The van der Waals surface area contributed by atoms with Crippen LogP contribution in [0.2, 0.25) is 0 Å². The second kappa shape index (κ2) is 15.3. The fraction of sp³-hybridized carbons (Fsp3) is 0. The van der Waals surface area contributed by atoms with Gasteiger partial charge in [-0.15, -0.1) is 11.3 Å². The smallest absolute Gasteiger partial charge is 0.0640 e. The van der Waals surface area contributed by atoms with Crippen molar-refractivity contribution in [1.29, 1.82) is 0 Å². The highest BCUT2D eigenvalue weighted by Crippen LogP contribution is 2.46. The second-order valence-corrected chi connectivity index (χ2v) is 19.5. The standard InChI is InChI=1S/C66H41N3S/c1-4-16-42(17-5-1)49-24-14-25-52-53-26-15-29-64(66(53)70-65(49)52)69-62-36-32-45(43-30-34-60-54(38-43)50-22-10-12-27-58(50)67(60)47-18-6-2-7-19-47)40-56(62)57-41-46(33-37-63(57)69)44-31-35-61-55(39-44)51-23-11-13-28-59(51)68(61)48-20-8-3-9-21-48/h1-41H. The summed E-state index contributed by atoms with van der Waals surface area (Å²) in [5, 5.41) is 10.0. The first kappa shape index (κ1) is 39.1. The largest absolute Gasteiger partial charge is 0.309 e. The van der Waals surface area contributed by atoms with Gasteiger partial charge in [-0.05, 0) is 124 Å². The van der Waals surface area contributed by atoms with Crippen molar-refractivity contribution >= 4 is 96.9 Å². The van der Waals surface area contributed by atoms with Gasteiger partial charge in [0.15, 0.2) is 0 Å². The van der Waals surface area contributed by atoms with E-state index in [9.17, 15) is 0 Å². The van der Waals surface area contributed by atoms with E-state index >= 15 is 0 Å². The maximum atomic E-state index is 2.52. The van der Waals surface area contributed by atoms with E-state index in [1.807, 2.05) is 11.3 Å². The van der Waals surface area contributed by atoms with Gasteiger partial charge in [0.05, 0.1) is 43.5 Å². The SMILES string of the molecule is c1ccc(-c2cccc3c2sc2c(-n4c5ccc(-c6ccc7c(c6)c6ccccc6n7-c6ccccc6)cc5c5cc(-c6ccc7c(c6)c6ccccc6n7-c6ccccc6)ccc54)cccc23)cc1. The molecule has 11 aromatic carbocycles. The number of hydrogen-bond acceptors (Lipinski definition) is 1. The van der Waals surface area contributed by atoms with Crippen LogP contribution in [0.3, 0.4) is 0 Å². The molecule has 0 aliphatic carbocycles. The molecule has 326 valence electrons. The Morgan fingerprint density at radius 2 is 0.600 bits per heavy atom. The molecule has 0 saturated carbocycles. The van der Waals surface area contributed by atoms with Crippen LogP contribution in [0.5, 0.6) is 0 Å². The molecule has 4 aromatic heterocycles. The van der Waals surface area contributed by atoms with Crippen LogP contribution in [0.1, 0.15) is 0 Å². The molecule has 0 saturated heterocycles. The summed E-state index contributed by atoms with van der Waals surface area (Å²) in [6.07, 6.45) is 0. The van der Waals surface area contributed by atoms with Crippen LogP contribution in [0.25, 0.3) is 136 Å². The number of benzene rings is 11. The fourth-order valence-electron chi connectivity index (χ4n) is 11.5. The number of aromatic nitrogens is 3. The molecule has 15 rings (SSSR count). The molecule has 4 heterocycles. The summed E-state index contributed by atoms with van der Waals surface area (Å²) in [5.41, 5.74) is 18.0. The van der Waals surface area contributed by atoms with E-state index in [0.717, 1.165) is 11.4 Å². The monoisotopic (exact) mass is 907 g/mol. The first-order valence-corrected chi connectivity index (χ1v) is 24.8. The Bertz CT molecular complexity index is 4360. The van der Waals surface area contributed by atoms with Crippen molar-refractivity contribution in [3.05, 3.63) is 249 Å². The Labute approximate surface area is 407 Å². The average molecular weight is 908 g/mol. The molecule has 0 aliphatic rings. The molecule has 3 nitrogen and oxygen atoms in total. The summed E-state index contributed by atoms with van der Waals surface area (Å²) in [5.74, 6) is 0. The molecule has 70 heavy (non-hydrogen) atoms. The van der Waals surface area contributed by atoms with Gasteiger partial charge < -0.3 is 13.7 Å². The van der Waals surface area contributed by atoms with Crippen LogP contribution < -0.4 is 0 Å². The van der Waals surface area contributed by atoms with Gasteiger partial charge >= 0.3 is 0 Å². The summed E-state index contributed by atoms with van der Waals surface area (Å²) in [6, 6.07) is 91.7. The van der Waals surface area contributed by atoms with E-state index in [2.05, 4.69) is 262 Å². The molecule has 0 atom stereocenters. The molecule has 0 radical (unpaired) electrons. The van der Waals surface area contributed by atoms with Crippen molar-refractivity contribution in [3.8, 4) is 50.4 Å². The van der Waals surface area contributed by atoms with Gasteiger partial charge in [0.1, 0.15) is 0 Å². The molecule has 0 N–H and O–H groups in total. The van der Waals surface area contributed by atoms with E-state index in [1.54, 1.807) is 0 Å². The van der Waals surface area contributed by atoms with Gasteiger partial charge in [0.2, 0.25) is 0 Å². The minimum atomic E-state index is 1.16. The Kier molecular flexibility index (Phi) is 8.53. The lowest BCUT2D eigenvalue weighted by Crippen LogP contribution is -1.94. The maximum Gasteiger partial charge on any atom is 0.0640 e. The maximum absolute atomic E-state index is 2.52. The predicted octanol–water partition coefficient (Wildman–Crippen LogP) is 18.3. The number of hydrogen-bond donors (Lipinski definition) is 0. The van der Waals surface area contributed by atoms with Crippen LogP contribution in [-0.2, 0) is 0 Å². The Balaban J connectivity index is 0.960. The minimum absolute atomic E-state index is 1.16. The van der Waals surface area contributed by atoms with E-state index in [0.29, 0.717) is 0 Å². The van der Waals surface area contributed by atoms with Crippen LogP contribution in [-0.4, -0.2) is 13.7 Å². The number of fused-ring (bicyclic) bond motifs is 12. The predicted molar refractivity (Wildman–Crippen MR) is 299 cm³/mol. The van der Waals surface area contributed by atoms with Crippen molar-refractivity contribution in [2.75, 3.05) is 0 Å². The van der Waals surface area contributed by atoms with Gasteiger partial charge in [-0.3, -0.25) is 0 Å². The van der Waals surface area contributed by atoms with E-state index in [4.69, 9.17) is 0 Å². The lowest BCUT2D eigenvalue weighted by molar-refractivity contribution is 1.18. The van der Waals surface area contributed by atoms with Crippen molar-refractivity contribution < 1.29 is 0 Å². The highest BCUT2D eigenvalue weighted by molar-refractivity contribution is 7.26. The van der Waals surface area contributed by atoms with Gasteiger partial charge in [-0.1, -0.05) is 158 Å². The van der Waals surface area contributed by atoms with Crippen molar-refractivity contribution in [2.24, 2.45) is 0 Å². The summed E-state index contributed by atoms with van der Waals surface area (Å²) in [4.78, 5) is 0. The van der Waals surface area contributed by atoms with Crippen LogP contribution in [0.4, 0.5) is 0 Å². The van der Waals surface area contributed by atoms with Crippen molar-refractivity contribution in [2.45, 2.75) is 0 Å². The van der Waals surface area contributed by atoms with Crippen LogP contribution in [0, 0.1) is 0 Å².